The lowest BCUT2D eigenvalue weighted by Crippen LogP contribution is -2.17. The Labute approximate surface area is 131 Å². The second-order valence-electron chi connectivity index (χ2n) is 4.60. The van der Waals surface area contributed by atoms with Gasteiger partial charge < -0.3 is 4.74 Å². The summed E-state index contributed by atoms with van der Waals surface area (Å²) in [5.74, 6) is -0.839. The Kier molecular flexibility index (Phi) is 5.12. The van der Waals surface area contributed by atoms with Crippen LogP contribution in [0.2, 0.25) is 0 Å². The Hall–Kier alpha value is -2.13. The van der Waals surface area contributed by atoms with Gasteiger partial charge in [0, 0.05) is 17.7 Å². The zero-order valence-corrected chi connectivity index (χ0v) is 13.1. The molecule has 0 saturated heterocycles. The molecule has 0 aliphatic heterocycles. The third kappa shape index (κ3) is 4.17. The van der Waals surface area contributed by atoms with Crippen LogP contribution in [0.5, 0.6) is 0 Å². The van der Waals surface area contributed by atoms with Crippen LogP contribution in [0.1, 0.15) is 16.1 Å². The van der Waals surface area contributed by atoms with E-state index >= 15 is 0 Å². The standard InChI is InChI=1S/C15H14BrN3O2/c1-19-14(6-7-18-19)15(20)21-10-12(9-17)8-11-2-4-13(16)5-3-11/h2-7,12H,8,10H2,1H3/t12-/m1/s1. The monoisotopic (exact) mass is 347 g/mol. The largest absolute Gasteiger partial charge is 0.460 e. The van der Waals surface area contributed by atoms with E-state index < -0.39 is 5.97 Å². The number of rotatable bonds is 5. The van der Waals surface area contributed by atoms with Crippen molar-refractivity contribution in [3.05, 3.63) is 52.3 Å². The summed E-state index contributed by atoms with van der Waals surface area (Å²) in [5.41, 5.74) is 1.40. The van der Waals surface area contributed by atoms with Crippen LogP contribution in [-0.4, -0.2) is 22.4 Å². The Morgan fingerprint density at radius 2 is 2.14 bits per heavy atom. The predicted octanol–water partition coefficient (Wildman–Crippen LogP) is 2.72. The molecule has 0 radical (unpaired) electrons. The summed E-state index contributed by atoms with van der Waals surface area (Å²) in [4.78, 5) is 11.8. The van der Waals surface area contributed by atoms with Crippen LogP contribution in [0.4, 0.5) is 0 Å². The van der Waals surface area contributed by atoms with Gasteiger partial charge in [-0.05, 0) is 30.2 Å². The number of benzene rings is 1. The summed E-state index contributed by atoms with van der Waals surface area (Å²) in [6.45, 7) is 0.0660. The van der Waals surface area contributed by atoms with Gasteiger partial charge >= 0.3 is 5.97 Å². The summed E-state index contributed by atoms with van der Waals surface area (Å²) in [7, 11) is 1.67. The van der Waals surface area contributed by atoms with E-state index in [2.05, 4.69) is 27.1 Å². The van der Waals surface area contributed by atoms with E-state index in [4.69, 9.17) is 4.74 Å². The van der Waals surface area contributed by atoms with Gasteiger partial charge in [-0.2, -0.15) is 10.4 Å². The van der Waals surface area contributed by atoms with Crippen LogP contribution in [0.25, 0.3) is 0 Å². The average Bonchev–Trinajstić information content (AvgIpc) is 2.91. The highest BCUT2D eigenvalue weighted by Gasteiger charge is 2.15. The summed E-state index contributed by atoms with van der Waals surface area (Å²) in [6.07, 6.45) is 2.07. The molecule has 6 heteroatoms. The van der Waals surface area contributed by atoms with Crippen LogP contribution in [0.15, 0.2) is 41.0 Å². The smallest absolute Gasteiger partial charge is 0.356 e. The van der Waals surface area contributed by atoms with Crippen LogP contribution < -0.4 is 0 Å². The summed E-state index contributed by atoms with van der Waals surface area (Å²) in [5, 5.41) is 13.1. The second-order valence-corrected chi connectivity index (χ2v) is 5.51. The molecule has 0 fully saturated rings. The zero-order chi connectivity index (χ0) is 15.2. The van der Waals surface area contributed by atoms with E-state index in [9.17, 15) is 10.1 Å². The first-order valence-electron chi connectivity index (χ1n) is 6.39. The van der Waals surface area contributed by atoms with E-state index in [-0.39, 0.29) is 12.5 Å². The molecule has 1 atom stereocenters. The van der Waals surface area contributed by atoms with E-state index in [0.717, 1.165) is 10.0 Å². The van der Waals surface area contributed by atoms with Gasteiger partial charge in [-0.3, -0.25) is 4.68 Å². The molecule has 0 bridgehead atoms. The Morgan fingerprint density at radius 1 is 1.43 bits per heavy atom. The highest BCUT2D eigenvalue weighted by molar-refractivity contribution is 9.10. The lowest BCUT2D eigenvalue weighted by atomic mass is 10.0. The number of carbonyl (C=O) groups excluding carboxylic acids is 1. The first-order chi connectivity index (χ1) is 10.1. The van der Waals surface area contributed by atoms with Gasteiger partial charge in [-0.15, -0.1) is 0 Å². The van der Waals surface area contributed by atoms with Crippen molar-refractivity contribution >= 4 is 21.9 Å². The number of nitrogens with zero attached hydrogens (tertiary/aromatic N) is 3. The molecule has 5 nitrogen and oxygen atoms in total. The minimum absolute atomic E-state index is 0.0660. The number of nitriles is 1. The van der Waals surface area contributed by atoms with Crippen LogP contribution in [0, 0.1) is 17.2 Å². The first-order valence-corrected chi connectivity index (χ1v) is 7.18. The number of hydrogen-bond acceptors (Lipinski definition) is 4. The van der Waals surface area contributed by atoms with Gasteiger partial charge in [-0.25, -0.2) is 4.79 Å². The van der Waals surface area contributed by atoms with Crippen LogP contribution >= 0.6 is 15.9 Å². The normalized spacial score (nSPS) is 11.7. The lowest BCUT2D eigenvalue weighted by Gasteiger charge is -2.10. The maximum atomic E-state index is 11.8. The molecule has 0 unspecified atom stereocenters. The quantitative estimate of drug-likeness (QED) is 0.779. The van der Waals surface area contributed by atoms with Crippen molar-refractivity contribution in [3.63, 3.8) is 0 Å². The molecule has 0 saturated carbocycles. The van der Waals surface area contributed by atoms with Crippen molar-refractivity contribution < 1.29 is 9.53 Å². The molecule has 0 amide bonds. The Bertz CT molecular complexity index is 658. The predicted molar refractivity (Wildman–Crippen MR) is 80.4 cm³/mol. The summed E-state index contributed by atoms with van der Waals surface area (Å²) < 4.78 is 7.62. The van der Waals surface area contributed by atoms with Crippen molar-refractivity contribution in [2.24, 2.45) is 13.0 Å². The molecule has 0 aliphatic rings. The fourth-order valence-electron chi connectivity index (χ4n) is 1.87. The molecule has 21 heavy (non-hydrogen) atoms. The van der Waals surface area contributed by atoms with Crippen molar-refractivity contribution in [1.29, 1.82) is 5.26 Å². The maximum Gasteiger partial charge on any atom is 0.356 e. The molecule has 0 spiro atoms. The summed E-state index contributed by atoms with van der Waals surface area (Å²) in [6, 6.07) is 11.5. The third-order valence-corrected chi connectivity index (χ3v) is 3.55. The second kappa shape index (κ2) is 7.04. The van der Waals surface area contributed by atoms with Crippen molar-refractivity contribution in [1.82, 2.24) is 9.78 Å². The minimum Gasteiger partial charge on any atom is -0.460 e. The third-order valence-electron chi connectivity index (χ3n) is 3.02. The highest BCUT2D eigenvalue weighted by atomic mass is 79.9. The number of esters is 1. The van der Waals surface area contributed by atoms with Gasteiger partial charge in [-0.1, -0.05) is 28.1 Å². The molecular weight excluding hydrogens is 334 g/mol. The van der Waals surface area contributed by atoms with Gasteiger partial charge in [0.1, 0.15) is 12.3 Å². The number of hydrogen-bond donors (Lipinski definition) is 0. The molecule has 0 aliphatic carbocycles. The van der Waals surface area contributed by atoms with E-state index in [1.165, 1.54) is 10.9 Å². The SMILES string of the molecule is Cn1nccc1C(=O)OC[C@@H](C#N)Cc1ccc(Br)cc1. The fraction of sp³-hybridized carbons (Fsp3) is 0.267. The number of carbonyl (C=O) groups is 1. The van der Waals surface area contributed by atoms with Gasteiger partial charge in [0.05, 0.1) is 12.0 Å². The highest BCUT2D eigenvalue weighted by Crippen LogP contribution is 2.14. The van der Waals surface area contributed by atoms with E-state index in [0.29, 0.717) is 12.1 Å². The fourth-order valence-corrected chi connectivity index (χ4v) is 2.14. The number of aromatic nitrogens is 2. The van der Waals surface area contributed by atoms with E-state index in [1.807, 2.05) is 24.3 Å². The first kappa shape index (κ1) is 15.3. The number of ether oxygens (including phenoxy) is 1. The average molecular weight is 348 g/mol. The Balaban J connectivity index is 1.91. The molecule has 2 rings (SSSR count). The summed E-state index contributed by atoms with van der Waals surface area (Å²) >= 11 is 3.36. The molecule has 0 N–H and O–H groups in total. The van der Waals surface area contributed by atoms with Crippen molar-refractivity contribution in [2.75, 3.05) is 6.61 Å². The van der Waals surface area contributed by atoms with Gasteiger partial charge in [0.2, 0.25) is 0 Å². The molecule has 2 aromatic rings. The maximum absolute atomic E-state index is 11.8. The van der Waals surface area contributed by atoms with Crippen molar-refractivity contribution in [2.45, 2.75) is 6.42 Å². The number of aryl methyl sites for hydroxylation is 1. The van der Waals surface area contributed by atoms with Gasteiger partial charge in [0.15, 0.2) is 0 Å². The van der Waals surface area contributed by atoms with Crippen molar-refractivity contribution in [3.8, 4) is 6.07 Å². The van der Waals surface area contributed by atoms with Crippen LogP contribution in [-0.2, 0) is 18.2 Å². The molecule has 108 valence electrons. The Morgan fingerprint density at radius 3 is 2.71 bits per heavy atom. The molecule has 1 heterocycles. The number of halogens is 1. The molecule has 1 aromatic carbocycles. The molecule has 1 aromatic heterocycles. The van der Waals surface area contributed by atoms with Gasteiger partial charge in [0.25, 0.3) is 0 Å². The van der Waals surface area contributed by atoms with Crippen LogP contribution in [0.3, 0.4) is 0 Å². The molecular formula is C15H14BrN3O2. The lowest BCUT2D eigenvalue weighted by molar-refractivity contribution is 0.0455. The zero-order valence-electron chi connectivity index (χ0n) is 11.5. The van der Waals surface area contributed by atoms with E-state index in [1.54, 1.807) is 13.1 Å². The topological polar surface area (TPSA) is 67.9 Å². The minimum atomic E-state index is -0.467.